The van der Waals surface area contributed by atoms with Gasteiger partial charge >= 0.3 is 5.97 Å². The SMILES string of the molecule is COc1csc(C(=O)NCCc2ccc(OCC(=O)O)cc2)c1. The first-order valence-corrected chi connectivity index (χ1v) is 7.80. The maximum Gasteiger partial charge on any atom is 0.341 e. The van der Waals surface area contributed by atoms with Gasteiger partial charge in [0.1, 0.15) is 11.5 Å². The van der Waals surface area contributed by atoms with Crippen molar-refractivity contribution in [2.45, 2.75) is 6.42 Å². The molecule has 0 saturated carbocycles. The monoisotopic (exact) mass is 335 g/mol. The van der Waals surface area contributed by atoms with Gasteiger partial charge in [0.05, 0.1) is 12.0 Å². The van der Waals surface area contributed by atoms with Crippen molar-refractivity contribution >= 4 is 23.2 Å². The summed E-state index contributed by atoms with van der Waals surface area (Å²) in [4.78, 5) is 23.0. The molecule has 0 radical (unpaired) electrons. The van der Waals surface area contributed by atoms with Crippen molar-refractivity contribution in [1.29, 1.82) is 0 Å². The second kappa shape index (κ2) is 8.19. The predicted molar refractivity (Wildman–Crippen MR) is 86.5 cm³/mol. The van der Waals surface area contributed by atoms with Crippen molar-refractivity contribution in [3.05, 3.63) is 46.2 Å². The summed E-state index contributed by atoms with van der Waals surface area (Å²) in [7, 11) is 1.56. The van der Waals surface area contributed by atoms with Crippen LogP contribution in [0.4, 0.5) is 0 Å². The van der Waals surface area contributed by atoms with E-state index in [4.69, 9.17) is 14.6 Å². The number of rotatable bonds is 8. The lowest BCUT2D eigenvalue weighted by Crippen LogP contribution is -2.24. The number of benzene rings is 1. The summed E-state index contributed by atoms with van der Waals surface area (Å²) < 4.78 is 10.1. The lowest BCUT2D eigenvalue weighted by molar-refractivity contribution is -0.139. The van der Waals surface area contributed by atoms with Crippen molar-refractivity contribution in [2.75, 3.05) is 20.3 Å². The molecule has 0 aliphatic carbocycles. The third-order valence-electron chi connectivity index (χ3n) is 3.02. The lowest BCUT2D eigenvalue weighted by atomic mass is 10.1. The number of carbonyl (C=O) groups is 2. The number of carboxylic acid groups (broad SMARTS) is 1. The van der Waals surface area contributed by atoms with Crippen molar-refractivity contribution in [3.8, 4) is 11.5 Å². The van der Waals surface area contributed by atoms with Crippen LogP contribution in [0.2, 0.25) is 0 Å². The van der Waals surface area contributed by atoms with E-state index in [2.05, 4.69) is 5.32 Å². The highest BCUT2D eigenvalue weighted by Gasteiger charge is 2.08. The van der Waals surface area contributed by atoms with Crippen LogP contribution in [0.1, 0.15) is 15.2 Å². The first-order valence-electron chi connectivity index (χ1n) is 6.92. The largest absolute Gasteiger partial charge is 0.496 e. The van der Waals surface area contributed by atoms with Gasteiger partial charge in [-0.15, -0.1) is 11.3 Å². The topological polar surface area (TPSA) is 84.9 Å². The van der Waals surface area contributed by atoms with Gasteiger partial charge in [0.2, 0.25) is 0 Å². The van der Waals surface area contributed by atoms with Gasteiger partial charge in [-0.2, -0.15) is 0 Å². The summed E-state index contributed by atoms with van der Waals surface area (Å²) >= 11 is 1.34. The van der Waals surface area contributed by atoms with Gasteiger partial charge < -0.3 is 19.9 Å². The van der Waals surface area contributed by atoms with Gasteiger partial charge in [-0.1, -0.05) is 12.1 Å². The number of thiophene rings is 1. The second-order valence-corrected chi connectivity index (χ2v) is 5.59. The molecule has 0 saturated heterocycles. The van der Waals surface area contributed by atoms with Gasteiger partial charge in [0.15, 0.2) is 6.61 Å². The quantitative estimate of drug-likeness (QED) is 0.772. The van der Waals surface area contributed by atoms with Crippen LogP contribution in [0, 0.1) is 0 Å². The third kappa shape index (κ3) is 5.30. The molecule has 0 unspecified atom stereocenters. The molecule has 2 aromatic rings. The molecule has 2 rings (SSSR count). The number of methoxy groups -OCH3 is 1. The Kier molecular flexibility index (Phi) is 5.99. The summed E-state index contributed by atoms with van der Waals surface area (Å²) in [6.45, 7) is 0.147. The highest BCUT2D eigenvalue weighted by molar-refractivity contribution is 7.12. The van der Waals surface area contributed by atoms with Crippen LogP contribution in [0.5, 0.6) is 11.5 Å². The van der Waals surface area contributed by atoms with E-state index in [1.165, 1.54) is 11.3 Å². The molecule has 0 bridgehead atoms. The maximum atomic E-state index is 11.9. The molecule has 6 nitrogen and oxygen atoms in total. The van der Waals surface area contributed by atoms with E-state index in [1.54, 1.807) is 30.7 Å². The zero-order valence-corrected chi connectivity index (χ0v) is 13.4. The standard InChI is InChI=1S/C16H17NO5S/c1-21-13-8-14(23-10-13)16(20)17-7-6-11-2-4-12(5-3-11)22-9-15(18)19/h2-5,8,10H,6-7,9H2,1H3,(H,17,20)(H,18,19). The van der Waals surface area contributed by atoms with Crippen LogP contribution in [-0.2, 0) is 11.2 Å². The molecule has 23 heavy (non-hydrogen) atoms. The molecule has 1 aromatic carbocycles. The molecule has 0 atom stereocenters. The number of ether oxygens (including phenoxy) is 2. The number of amides is 1. The molecule has 1 heterocycles. The van der Waals surface area contributed by atoms with E-state index >= 15 is 0 Å². The molecule has 1 amide bonds. The van der Waals surface area contributed by atoms with Crippen LogP contribution in [0.3, 0.4) is 0 Å². The first kappa shape index (κ1) is 16.8. The van der Waals surface area contributed by atoms with Gasteiger partial charge in [0, 0.05) is 18.0 Å². The van der Waals surface area contributed by atoms with Gasteiger partial charge in [-0.05, 0) is 24.1 Å². The highest BCUT2D eigenvalue weighted by atomic mass is 32.1. The Labute approximate surface area is 137 Å². The minimum Gasteiger partial charge on any atom is -0.496 e. The van der Waals surface area contributed by atoms with Gasteiger partial charge in [-0.3, -0.25) is 4.79 Å². The Bertz CT molecular complexity index is 665. The zero-order valence-electron chi connectivity index (χ0n) is 12.6. The zero-order chi connectivity index (χ0) is 16.7. The summed E-state index contributed by atoms with van der Waals surface area (Å²) in [6.07, 6.45) is 0.674. The molecular weight excluding hydrogens is 318 g/mol. The molecule has 7 heteroatoms. The number of aliphatic carboxylic acids is 1. The van der Waals surface area contributed by atoms with E-state index in [1.807, 2.05) is 12.1 Å². The molecule has 2 N–H and O–H groups in total. The van der Waals surface area contributed by atoms with Crippen LogP contribution in [-0.4, -0.2) is 37.2 Å². The van der Waals surface area contributed by atoms with Crippen molar-refractivity contribution in [2.24, 2.45) is 0 Å². The lowest BCUT2D eigenvalue weighted by Gasteiger charge is -2.06. The molecule has 1 aromatic heterocycles. The normalized spacial score (nSPS) is 10.1. The Morgan fingerprint density at radius 2 is 1.96 bits per heavy atom. The van der Waals surface area contributed by atoms with Crippen LogP contribution in [0.15, 0.2) is 35.7 Å². The maximum absolute atomic E-state index is 11.9. The Morgan fingerprint density at radius 3 is 2.57 bits per heavy atom. The minimum absolute atomic E-state index is 0.125. The highest BCUT2D eigenvalue weighted by Crippen LogP contribution is 2.20. The van der Waals surface area contributed by atoms with E-state index in [-0.39, 0.29) is 12.5 Å². The second-order valence-electron chi connectivity index (χ2n) is 4.68. The minimum atomic E-state index is -1.01. The number of carboxylic acids is 1. The molecule has 122 valence electrons. The smallest absolute Gasteiger partial charge is 0.341 e. The van der Waals surface area contributed by atoms with Crippen molar-refractivity contribution < 1.29 is 24.2 Å². The number of nitrogens with one attached hydrogen (secondary N) is 1. The van der Waals surface area contributed by atoms with Crippen LogP contribution in [0.25, 0.3) is 0 Å². The van der Waals surface area contributed by atoms with Crippen molar-refractivity contribution in [1.82, 2.24) is 5.32 Å². The molecule has 0 spiro atoms. The molecule has 0 aliphatic rings. The average molecular weight is 335 g/mol. The van der Waals surface area contributed by atoms with Gasteiger partial charge in [0.25, 0.3) is 5.91 Å². The van der Waals surface area contributed by atoms with Crippen molar-refractivity contribution in [3.63, 3.8) is 0 Å². The average Bonchev–Trinajstić information content (AvgIpc) is 3.03. The van der Waals surface area contributed by atoms with E-state index in [0.717, 1.165) is 5.56 Å². The van der Waals surface area contributed by atoms with Crippen LogP contribution < -0.4 is 14.8 Å². The number of hydrogen-bond donors (Lipinski definition) is 2. The fourth-order valence-electron chi connectivity index (χ4n) is 1.85. The Morgan fingerprint density at radius 1 is 1.22 bits per heavy atom. The summed E-state index contributed by atoms with van der Waals surface area (Å²) in [5, 5.41) is 13.2. The first-order chi connectivity index (χ1) is 11.1. The van der Waals surface area contributed by atoms with Crippen LogP contribution >= 0.6 is 11.3 Å². The Hall–Kier alpha value is -2.54. The Balaban J connectivity index is 1.77. The summed E-state index contributed by atoms with van der Waals surface area (Å²) in [5.74, 6) is 0.0460. The van der Waals surface area contributed by atoms with E-state index < -0.39 is 5.97 Å². The predicted octanol–water partition coefficient (Wildman–Crippen LogP) is 2.19. The van der Waals surface area contributed by atoms with E-state index in [9.17, 15) is 9.59 Å². The van der Waals surface area contributed by atoms with Gasteiger partial charge in [-0.25, -0.2) is 4.79 Å². The fourth-order valence-corrected chi connectivity index (χ4v) is 2.62. The molecule has 0 aliphatic heterocycles. The number of hydrogen-bond acceptors (Lipinski definition) is 5. The third-order valence-corrected chi connectivity index (χ3v) is 3.93. The van der Waals surface area contributed by atoms with E-state index in [0.29, 0.717) is 29.3 Å². The molecule has 0 fully saturated rings. The summed E-state index contributed by atoms with van der Waals surface area (Å²) in [6, 6.07) is 8.82. The molecular formula is C16H17NO5S. The fraction of sp³-hybridized carbons (Fsp3) is 0.250. The number of carbonyl (C=O) groups excluding carboxylic acids is 1. The summed E-state index contributed by atoms with van der Waals surface area (Å²) in [5.41, 5.74) is 1.02.